The molecule has 0 saturated heterocycles. The molecule has 6 heteroatoms. The topological polar surface area (TPSA) is 81.4 Å². The van der Waals surface area contributed by atoms with Gasteiger partial charge in [-0.3, -0.25) is 4.72 Å². The minimum atomic E-state index is -3.67. The molecule has 0 bridgehead atoms. The number of sulfonamides is 1. The van der Waals surface area contributed by atoms with Gasteiger partial charge in [0.15, 0.2) is 0 Å². The van der Waals surface area contributed by atoms with Gasteiger partial charge in [-0.2, -0.15) is 0 Å². The smallest absolute Gasteiger partial charge is 0.262 e. The van der Waals surface area contributed by atoms with Crippen LogP contribution in [-0.4, -0.2) is 15.0 Å². The lowest BCUT2D eigenvalue weighted by Gasteiger charge is -2.13. The normalized spacial score (nSPS) is 11.1. The Morgan fingerprint density at radius 1 is 1.14 bits per heavy atom. The largest absolute Gasteiger partial charge is 0.492 e. The second-order valence-electron chi connectivity index (χ2n) is 4.39. The zero-order chi connectivity index (χ0) is 15.3. The molecule has 112 valence electrons. The first-order chi connectivity index (χ1) is 10.1. The Bertz CT molecular complexity index is 714. The van der Waals surface area contributed by atoms with E-state index in [1.165, 1.54) is 6.07 Å². The summed E-state index contributed by atoms with van der Waals surface area (Å²) < 4.78 is 32.8. The molecule has 0 aliphatic heterocycles. The van der Waals surface area contributed by atoms with Gasteiger partial charge in [-0.1, -0.05) is 24.3 Å². The molecule has 0 unspecified atom stereocenters. The van der Waals surface area contributed by atoms with Crippen molar-refractivity contribution in [3.8, 4) is 5.75 Å². The van der Waals surface area contributed by atoms with Crippen LogP contribution in [0.25, 0.3) is 0 Å². The van der Waals surface area contributed by atoms with Crippen LogP contribution in [0.1, 0.15) is 12.5 Å². The molecule has 0 atom stereocenters. The molecular formula is C15H18N2O3S. The molecule has 0 heterocycles. The minimum Gasteiger partial charge on any atom is -0.492 e. The van der Waals surface area contributed by atoms with E-state index in [4.69, 9.17) is 10.5 Å². The highest BCUT2D eigenvalue weighted by atomic mass is 32.2. The van der Waals surface area contributed by atoms with Crippen molar-refractivity contribution in [1.29, 1.82) is 0 Å². The fourth-order valence-corrected chi connectivity index (χ4v) is 3.02. The second-order valence-corrected chi connectivity index (χ2v) is 6.07. The molecule has 0 saturated carbocycles. The van der Waals surface area contributed by atoms with Gasteiger partial charge in [0.05, 0.1) is 17.2 Å². The van der Waals surface area contributed by atoms with Gasteiger partial charge in [0.25, 0.3) is 10.0 Å². The molecular weight excluding hydrogens is 288 g/mol. The Balaban J connectivity index is 2.33. The Hall–Kier alpha value is -2.05. The molecule has 0 amide bonds. The number of ether oxygens (including phenoxy) is 1. The molecule has 0 fully saturated rings. The van der Waals surface area contributed by atoms with Crippen LogP contribution in [0, 0.1) is 0 Å². The molecule has 0 aliphatic carbocycles. The first kappa shape index (κ1) is 15.3. The van der Waals surface area contributed by atoms with Crippen molar-refractivity contribution < 1.29 is 13.2 Å². The monoisotopic (exact) mass is 306 g/mol. The SMILES string of the molecule is CCOc1ccccc1NS(=O)(=O)c1cccc(CN)c1. The van der Waals surface area contributed by atoms with E-state index >= 15 is 0 Å². The van der Waals surface area contributed by atoms with E-state index in [0.29, 0.717) is 24.6 Å². The summed E-state index contributed by atoms with van der Waals surface area (Å²) in [4.78, 5) is 0.178. The van der Waals surface area contributed by atoms with Gasteiger partial charge in [0.2, 0.25) is 0 Å². The number of nitrogens with one attached hydrogen (secondary N) is 1. The highest BCUT2D eigenvalue weighted by Crippen LogP contribution is 2.26. The number of nitrogens with two attached hydrogens (primary N) is 1. The average Bonchev–Trinajstić information content (AvgIpc) is 2.49. The van der Waals surface area contributed by atoms with Crippen molar-refractivity contribution in [3.63, 3.8) is 0 Å². The molecule has 0 aromatic heterocycles. The quantitative estimate of drug-likeness (QED) is 0.858. The van der Waals surface area contributed by atoms with Crippen LogP contribution >= 0.6 is 0 Å². The van der Waals surface area contributed by atoms with Crippen molar-refractivity contribution in [2.75, 3.05) is 11.3 Å². The summed E-state index contributed by atoms with van der Waals surface area (Å²) in [5.74, 6) is 0.499. The molecule has 2 aromatic carbocycles. The van der Waals surface area contributed by atoms with Crippen LogP contribution in [0.5, 0.6) is 5.75 Å². The second kappa shape index (κ2) is 6.60. The molecule has 21 heavy (non-hydrogen) atoms. The lowest BCUT2D eigenvalue weighted by molar-refractivity contribution is 0.342. The summed E-state index contributed by atoms with van der Waals surface area (Å²) in [6, 6.07) is 13.5. The molecule has 0 radical (unpaired) electrons. The predicted octanol–water partition coefficient (Wildman–Crippen LogP) is 2.34. The van der Waals surface area contributed by atoms with E-state index in [2.05, 4.69) is 4.72 Å². The molecule has 0 spiro atoms. The molecule has 2 rings (SSSR count). The van der Waals surface area contributed by atoms with Crippen LogP contribution in [-0.2, 0) is 16.6 Å². The van der Waals surface area contributed by atoms with E-state index in [-0.39, 0.29) is 4.90 Å². The number of hydrogen-bond donors (Lipinski definition) is 2. The summed E-state index contributed by atoms with van der Waals surface area (Å²) in [7, 11) is -3.67. The standard InChI is InChI=1S/C15H18N2O3S/c1-2-20-15-9-4-3-8-14(15)17-21(18,19)13-7-5-6-12(10-13)11-16/h3-10,17H,2,11,16H2,1H3. The van der Waals surface area contributed by atoms with Crippen LogP contribution in [0.2, 0.25) is 0 Å². The first-order valence-corrected chi connectivity index (χ1v) is 8.09. The van der Waals surface area contributed by atoms with Gasteiger partial charge in [-0.05, 0) is 36.8 Å². The summed E-state index contributed by atoms with van der Waals surface area (Å²) >= 11 is 0. The van der Waals surface area contributed by atoms with Crippen LogP contribution < -0.4 is 15.2 Å². The third-order valence-electron chi connectivity index (χ3n) is 2.88. The Labute approximate surface area is 124 Å². The van der Waals surface area contributed by atoms with E-state index in [9.17, 15) is 8.42 Å². The maximum atomic E-state index is 12.4. The Morgan fingerprint density at radius 2 is 1.90 bits per heavy atom. The van der Waals surface area contributed by atoms with Gasteiger partial charge >= 0.3 is 0 Å². The third kappa shape index (κ3) is 3.74. The number of rotatable bonds is 6. The fraction of sp³-hybridized carbons (Fsp3) is 0.200. The summed E-state index contributed by atoms with van der Waals surface area (Å²) in [5.41, 5.74) is 6.72. The lowest BCUT2D eigenvalue weighted by atomic mass is 10.2. The molecule has 2 aromatic rings. The van der Waals surface area contributed by atoms with Crippen LogP contribution in [0.15, 0.2) is 53.4 Å². The number of para-hydroxylation sites is 2. The van der Waals surface area contributed by atoms with Gasteiger partial charge in [-0.25, -0.2) is 8.42 Å². The van der Waals surface area contributed by atoms with Gasteiger partial charge in [0, 0.05) is 6.54 Å². The Morgan fingerprint density at radius 3 is 2.62 bits per heavy atom. The van der Waals surface area contributed by atoms with E-state index in [1.807, 2.05) is 6.92 Å². The average molecular weight is 306 g/mol. The summed E-state index contributed by atoms with van der Waals surface area (Å²) in [5, 5.41) is 0. The van der Waals surface area contributed by atoms with Gasteiger partial charge in [0.1, 0.15) is 5.75 Å². The maximum absolute atomic E-state index is 12.4. The predicted molar refractivity (Wildman–Crippen MR) is 82.8 cm³/mol. The zero-order valence-electron chi connectivity index (χ0n) is 11.7. The zero-order valence-corrected chi connectivity index (χ0v) is 12.6. The van der Waals surface area contributed by atoms with Crippen molar-refractivity contribution >= 4 is 15.7 Å². The van der Waals surface area contributed by atoms with Crippen molar-refractivity contribution in [3.05, 3.63) is 54.1 Å². The minimum absolute atomic E-state index is 0.178. The third-order valence-corrected chi connectivity index (χ3v) is 4.24. The van der Waals surface area contributed by atoms with E-state index in [0.717, 1.165) is 5.56 Å². The molecule has 5 nitrogen and oxygen atoms in total. The highest BCUT2D eigenvalue weighted by molar-refractivity contribution is 7.92. The van der Waals surface area contributed by atoms with E-state index in [1.54, 1.807) is 42.5 Å². The molecule has 3 N–H and O–H groups in total. The van der Waals surface area contributed by atoms with E-state index < -0.39 is 10.0 Å². The van der Waals surface area contributed by atoms with Crippen LogP contribution in [0.3, 0.4) is 0 Å². The van der Waals surface area contributed by atoms with Crippen molar-refractivity contribution in [2.45, 2.75) is 18.4 Å². The number of anilines is 1. The van der Waals surface area contributed by atoms with Crippen molar-refractivity contribution in [2.24, 2.45) is 5.73 Å². The summed E-state index contributed by atoms with van der Waals surface area (Å²) in [6.45, 7) is 2.59. The maximum Gasteiger partial charge on any atom is 0.262 e. The fourth-order valence-electron chi connectivity index (χ4n) is 1.88. The van der Waals surface area contributed by atoms with Gasteiger partial charge < -0.3 is 10.5 Å². The highest BCUT2D eigenvalue weighted by Gasteiger charge is 2.16. The summed E-state index contributed by atoms with van der Waals surface area (Å²) in [6.07, 6.45) is 0. The van der Waals surface area contributed by atoms with Crippen LogP contribution in [0.4, 0.5) is 5.69 Å². The number of hydrogen-bond acceptors (Lipinski definition) is 4. The number of benzene rings is 2. The Kier molecular flexibility index (Phi) is 4.82. The first-order valence-electron chi connectivity index (χ1n) is 6.60. The lowest BCUT2D eigenvalue weighted by Crippen LogP contribution is -2.14. The van der Waals surface area contributed by atoms with Crippen molar-refractivity contribution in [1.82, 2.24) is 0 Å². The molecule has 0 aliphatic rings. The van der Waals surface area contributed by atoms with Gasteiger partial charge in [-0.15, -0.1) is 0 Å².